The SMILES string of the molecule is NCC1COC(CC2CCS(=O)(=O)CC2)O1. The maximum atomic E-state index is 11.3. The predicted octanol–water partition coefficient (Wildman–Crippen LogP) is -0.0985. The summed E-state index contributed by atoms with van der Waals surface area (Å²) in [4.78, 5) is 0. The van der Waals surface area contributed by atoms with Crippen molar-refractivity contribution >= 4 is 9.84 Å². The Hall–Kier alpha value is -0.170. The van der Waals surface area contributed by atoms with Crippen LogP contribution in [0.25, 0.3) is 0 Å². The first-order valence-electron chi connectivity index (χ1n) is 5.76. The first-order chi connectivity index (χ1) is 7.59. The van der Waals surface area contributed by atoms with Gasteiger partial charge in [0.15, 0.2) is 6.29 Å². The van der Waals surface area contributed by atoms with Gasteiger partial charge in [0.2, 0.25) is 0 Å². The minimum Gasteiger partial charge on any atom is -0.350 e. The summed E-state index contributed by atoms with van der Waals surface area (Å²) in [6, 6.07) is 0. The van der Waals surface area contributed by atoms with Gasteiger partial charge in [0.25, 0.3) is 0 Å². The van der Waals surface area contributed by atoms with Crippen molar-refractivity contribution in [3.8, 4) is 0 Å². The summed E-state index contributed by atoms with van der Waals surface area (Å²) in [6.07, 6.45) is 2.10. The number of ether oxygens (including phenoxy) is 2. The molecule has 94 valence electrons. The highest BCUT2D eigenvalue weighted by Gasteiger charge is 2.30. The number of rotatable bonds is 3. The molecule has 0 spiro atoms. The molecule has 2 N–H and O–H groups in total. The minimum absolute atomic E-state index is 0.0114. The van der Waals surface area contributed by atoms with Crippen molar-refractivity contribution in [2.75, 3.05) is 24.7 Å². The van der Waals surface area contributed by atoms with Gasteiger partial charge < -0.3 is 15.2 Å². The quantitative estimate of drug-likeness (QED) is 0.755. The van der Waals surface area contributed by atoms with Crippen LogP contribution in [-0.2, 0) is 19.3 Å². The molecule has 2 heterocycles. The van der Waals surface area contributed by atoms with Crippen LogP contribution in [0.4, 0.5) is 0 Å². The lowest BCUT2D eigenvalue weighted by molar-refractivity contribution is -0.0705. The van der Waals surface area contributed by atoms with E-state index in [0.29, 0.717) is 30.6 Å². The fraction of sp³-hybridized carbons (Fsp3) is 1.00. The normalized spacial score (nSPS) is 35.3. The van der Waals surface area contributed by atoms with E-state index in [-0.39, 0.29) is 12.4 Å². The molecule has 2 fully saturated rings. The van der Waals surface area contributed by atoms with E-state index in [1.54, 1.807) is 0 Å². The summed E-state index contributed by atoms with van der Waals surface area (Å²) < 4.78 is 33.5. The van der Waals surface area contributed by atoms with Gasteiger partial charge in [-0.15, -0.1) is 0 Å². The van der Waals surface area contributed by atoms with E-state index in [0.717, 1.165) is 19.3 Å². The maximum absolute atomic E-state index is 11.3. The predicted molar refractivity (Wildman–Crippen MR) is 59.7 cm³/mol. The van der Waals surface area contributed by atoms with Crippen molar-refractivity contribution in [1.29, 1.82) is 0 Å². The molecule has 5 nitrogen and oxygen atoms in total. The van der Waals surface area contributed by atoms with Gasteiger partial charge in [-0.3, -0.25) is 0 Å². The van der Waals surface area contributed by atoms with Gasteiger partial charge in [-0.25, -0.2) is 8.42 Å². The molecule has 2 aliphatic rings. The molecule has 2 unspecified atom stereocenters. The Kier molecular flexibility index (Phi) is 3.84. The summed E-state index contributed by atoms with van der Waals surface area (Å²) in [5, 5.41) is 0. The highest BCUT2D eigenvalue weighted by molar-refractivity contribution is 7.91. The third kappa shape index (κ3) is 3.16. The summed E-state index contributed by atoms with van der Waals surface area (Å²) in [5.41, 5.74) is 5.48. The number of hydrogen-bond acceptors (Lipinski definition) is 5. The molecule has 0 aromatic carbocycles. The molecular weight excluding hydrogens is 230 g/mol. The van der Waals surface area contributed by atoms with Crippen LogP contribution < -0.4 is 5.73 Å². The second-order valence-electron chi connectivity index (χ2n) is 4.59. The van der Waals surface area contributed by atoms with Gasteiger partial charge in [-0.1, -0.05) is 0 Å². The van der Waals surface area contributed by atoms with E-state index in [1.165, 1.54) is 0 Å². The lowest BCUT2D eigenvalue weighted by atomic mass is 9.99. The molecule has 2 saturated heterocycles. The fourth-order valence-corrected chi connectivity index (χ4v) is 3.79. The molecule has 0 aromatic heterocycles. The van der Waals surface area contributed by atoms with E-state index in [1.807, 2.05) is 0 Å². The molecule has 2 rings (SSSR count). The minimum atomic E-state index is -2.77. The average molecular weight is 249 g/mol. The van der Waals surface area contributed by atoms with Crippen LogP contribution in [0.1, 0.15) is 19.3 Å². The molecule has 0 amide bonds. The topological polar surface area (TPSA) is 78.6 Å². The van der Waals surface area contributed by atoms with E-state index in [2.05, 4.69) is 0 Å². The third-order valence-corrected chi connectivity index (χ3v) is 4.99. The van der Waals surface area contributed by atoms with Crippen molar-refractivity contribution in [3.05, 3.63) is 0 Å². The Bertz CT molecular complexity index is 316. The summed E-state index contributed by atoms with van der Waals surface area (Å²) in [5.74, 6) is 1.03. The standard InChI is InChI=1S/C10H19NO4S/c11-6-9-7-14-10(15-9)5-8-1-3-16(12,13)4-2-8/h8-10H,1-7,11H2. The van der Waals surface area contributed by atoms with Crippen LogP contribution in [0.3, 0.4) is 0 Å². The Labute approximate surface area is 96.2 Å². The summed E-state index contributed by atoms with van der Waals surface area (Å²) in [6.45, 7) is 1.04. The van der Waals surface area contributed by atoms with E-state index in [4.69, 9.17) is 15.2 Å². The van der Waals surface area contributed by atoms with Crippen molar-refractivity contribution in [2.45, 2.75) is 31.7 Å². The molecule has 16 heavy (non-hydrogen) atoms. The van der Waals surface area contributed by atoms with Gasteiger partial charge in [0.1, 0.15) is 9.84 Å². The lowest BCUT2D eigenvalue weighted by Gasteiger charge is -2.23. The Morgan fingerprint density at radius 3 is 2.50 bits per heavy atom. The zero-order valence-electron chi connectivity index (χ0n) is 9.30. The zero-order chi connectivity index (χ0) is 11.6. The first-order valence-corrected chi connectivity index (χ1v) is 7.59. The highest BCUT2D eigenvalue weighted by Crippen LogP contribution is 2.26. The molecule has 2 aliphatic heterocycles. The van der Waals surface area contributed by atoms with E-state index < -0.39 is 9.84 Å². The van der Waals surface area contributed by atoms with Crippen molar-refractivity contribution in [2.24, 2.45) is 11.7 Å². The molecule has 0 aliphatic carbocycles. The van der Waals surface area contributed by atoms with Crippen molar-refractivity contribution in [1.82, 2.24) is 0 Å². The van der Waals surface area contributed by atoms with Gasteiger partial charge in [-0.05, 0) is 18.8 Å². The number of nitrogens with two attached hydrogens (primary N) is 1. The summed E-state index contributed by atoms with van der Waals surface area (Å²) in [7, 11) is -2.77. The largest absolute Gasteiger partial charge is 0.350 e. The van der Waals surface area contributed by atoms with Gasteiger partial charge >= 0.3 is 0 Å². The Morgan fingerprint density at radius 1 is 1.25 bits per heavy atom. The maximum Gasteiger partial charge on any atom is 0.158 e. The van der Waals surface area contributed by atoms with Crippen molar-refractivity contribution < 1.29 is 17.9 Å². The Morgan fingerprint density at radius 2 is 1.94 bits per heavy atom. The van der Waals surface area contributed by atoms with Crippen molar-refractivity contribution in [3.63, 3.8) is 0 Å². The van der Waals surface area contributed by atoms with Gasteiger partial charge in [0.05, 0.1) is 24.2 Å². The first kappa shape index (κ1) is 12.3. The van der Waals surface area contributed by atoms with Crippen LogP contribution >= 0.6 is 0 Å². The zero-order valence-corrected chi connectivity index (χ0v) is 10.1. The molecule has 2 atom stereocenters. The molecule has 0 radical (unpaired) electrons. The monoisotopic (exact) mass is 249 g/mol. The number of sulfone groups is 1. The van der Waals surface area contributed by atoms with E-state index in [9.17, 15) is 8.42 Å². The molecule has 0 bridgehead atoms. The van der Waals surface area contributed by atoms with Crippen LogP contribution in [0.2, 0.25) is 0 Å². The second kappa shape index (κ2) is 5.00. The lowest BCUT2D eigenvalue weighted by Crippen LogP contribution is -2.27. The van der Waals surface area contributed by atoms with Crippen LogP contribution in [0.15, 0.2) is 0 Å². The van der Waals surface area contributed by atoms with Crippen LogP contribution in [0, 0.1) is 5.92 Å². The molecule has 0 saturated carbocycles. The molecule has 0 aromatic rings. The summed E-state index contributed by atoms with van der Waals surface area (Å²) >= 11 is 0. The smallest absolute Gasteiger partial charge is 0.158 e. The molecular formula is C10H19NO4S. The highest BCUT2D eigenvalue weighted by atomic mass is 32.2. The Balaban J connectivity index is 1.75. The second-order valence-corrected chi connectivity index (χ2v) is 6.89. The van der Waals surface area contributed by atoms with Crippen LogP contribution in [-0.4, -0.2) is 45.5 Å². The van der Waals surface area contributed by atoms with Gasteiger partial charge in [-0.2, -0.15) is 0 Å². The third-order valence-electron chi connectivity index (χ3n) is 3.28. The fourth-order valence-electron chi connectivity index (χ4n) is 2.20. The average Bonchev–Trinajstić information content (AvgIpc) is 2.69. The molecule has 6 heteroatoms. The van der Waals surface area contributed by atoms with Gasteiger partial charge in [0, 0.05) is 13.0 Å². The number of hydrogen-bond donors (Lipinski definition) is 1. The van der Waals surface area contributed by atoms with E-state index >= 15 is 0 Å². The van der Waals surface area contributed by atoms with Crippen LogP contribution in [0.5, 0.6) is 0 Å².